The molecule has 0 aliphatic carbocycles. The molecule has 8 nitrogen and oxygen atoms in total. The van der Waals surface area contributed by atoms with Gasteiger partial charge in [-0.2, -0.15) is 4.31 Å². The first kappa shape index (κ1) is 20.9. The second-order valence-corrected chi connectivity index (χ2v) is 9.64. The zero-order valence-corrected chi connectivity index (χ0v) is 18.2. The zero-order chi connectivity index (χ0) is 21.1. The van der Waals surface area contributed by atoms with Crippen LogP contribution < -0.4 is 14.2 Å². The number of fused-ring (bicyclic) bond motifs is 1. The molecule has 30 heavy (non-hydrogen) atoms. The summed E-state index contributed by atoms with van der Waals surface area (Å²) in [6.45, 7) is 6.41. The second kappa shape index (κ2) is 8.77. The Bertz CT molecular complexity index is 1000. The molecule has 9 heteroatoms. The molecule has 2 aliphatic rings. The molecule has 0 atom stereocenters. The van der Waals surface area contributed by atoms with E-state index in [0.717, 1.165) is 30.5 Å². The van der Waals surface area contributed by atoms with Crippen molar-refractivity contribution in [2.24, 2.45) is 5.92 Å². The van der Waals surface area contributed by atoms with Crippen LogP contribution in [-0.2, 0) is 10.0 Å². The smallest absolute Gasteiger partial charge is 0.243 e. The lowest BCUT2D eigenvalue weighted by Gasteiger charge is -2.31. The van der Waals surface area contributed by atoms with Crippen molar-refractivity contribution in [3.05, 3.63) is 35.8 Å². The zero-order valence-electron chi connectivity index (χ0n) is 17.3. The minimum atomic E-state index is -3.57. The molecule has 0 radical (unpaired) electrons. The summed E-state index contributed by atoms with van der Waals surface area (Å²) >= 11 is 0. The summed E-state index contributed by atoms with van der Waals surface area (Å²) < 4.78 is 44.9. The largest absolute Gasteiger partial charge is 0.490 e. The van der Waals surface area contributed by atoms with Crippen LogP contribution in [0, 0.1) is 19.8 Å². The number of aryl methyl sites for hydroxylation is 1. The van der Waals surface area contributed by atoms with Crippen molar-refractivity contribution in [3.8, 4) is 17.4 Å². The molecule has 1 saturated heterocycles. The Morgan fingerprint density at radius 2 is 1.83 bits per heavy atom. The Morgan fingerprint density at radius 1 is 1.10 bits per heavy atom. The van der Waals surface area contributed by atoms with Crippen molar-refractivity contribution in [3.63, 3.8) is 0 Å². The van der Waals surface area contributed by atoms with Crippen LogP contribution in [0.3, 0.4) is 0 Å². The molecule has 0 spiro atoms. The first-order chi connectivity index (χ1) is 14.4. The third-order valence-electron chi connectivity index (χ3n) is 5.68. The maximum absolute atomic E-state index is 13.1. The van der Waals surface area contributed by atoms with Crippen molar-refractivity contribution < 1.29 is 22.6 Å². The van der Waals surface area contributed by atoms with Gasteiger partial charge in [0.2, 0.25) is 15.9 Å². The molecule has 0 saturated carbocycles. The predicted molar refractivity (Wildman–Crippen MR) is 111 cm³/mol. The molecule has 2 aliphatic heterocycles. The van der Waals surface area contributed by atoms with Crippen LogP contribution in [0.5, 0.6) is 17.4 Å². The number of hydrogen-bond donors (Lipinski definition) is 0. The fraction of sp³-hybridized carbons (Fsp3) is 0.524. The van der Waals surface area contributed by atoms with E-state index in [0.29, 0.717) is 50.3 Å². The highest BCUT2D eigenvalue weighted by Gasteiger charge is 2.30. The molecule has 0 bridgehead atoms. The van der Waals surface area contributed by atoms with Crippen molar-refractivity contribution >= 4 is 10.0 Å². The van der Waals surface area contributed by atoms with Gasteiger partial charge in [0.25, 0.3) is 0 Å². The maximum Gasteiger partial charge on any atom is 0.243 e. The van der Waals surface area contributed by atoms with E-state index in [1.54, 1.807) is 22.5 Å². The Hall–Kier alpha value is -2.39. The van der Waals surface area contributed by atoms with Gasteiger partial charge in [-0.3, -0.25) is 0 Å². The summed E-state index contributed by atoms with van der Waals surface area (Å²) in [5.74, 6) is 1.98. The molecule has 0 N–H and O–H groups in total. The first-order valence-electron chi connectivity index (χ1n) is 10.3. The average molecular weight is 434 g/mol. The summed E-state index contributed by atoms with van der Waals surface area (Å²) in [5, 5.41) is 0. The predicted octanol–water partition coefficient (Wildman–Crippen LogP) is 2.73. The number of aromatic nitrogens is 2. The van der Waals surface area contributed by atoms with Gasteiger partial charge in [-0.1, -0.05) is 0 Å². The van der Waals surface area contributed by atoms with Crippen LogP contribution in [-0.4, -0.2) is 55.6 Å². The maximum atomic E-state index is 13.1. The number of benzene rings is 1. The molecule has 0 unspecified atom stereocenters. The van der Waals surface area contributed by atoms with E-state index in [1.807, 2.05) is 13.8 Å². The molecule has 162 valence electrons. The lowest BCUT2D eigenvalue weighted by molar-refractivity contribution is 0.180. The number of ether oxygens (including phenoxy) is 3. The second-order valence-electron chi connectivity index (χ2n) is 7.71. The minimum Gasteiger partial charge on any atom is -0.490 e. The topological polar surface area (TPSA) is 90.9 Å². The molecule has 1 aromatic carbocycles. The van der Waals surface area contributed by atoms with Gasteiger partial charge in [0.05, 0.1) is 24.7 Å². The van der Waals surface area contributed by atoms with E-state index in [4.69, 9.17) is 14.2 Å². The van der Waals surface area contributed by atoms with Crippen LogP contribution in [0.25, 0.3) is 0 Å². The highest BCUT2D eigenvalue weighted by molar-refractivity contribution is 7.89. The normalized spacial score (nSPS) is 18.1. The molecule has 0 amide bonds. The molecule has 1 fully saturated rings. The third-order valence-corrected chi connectivity index (χ3v) is 7.57. The van der Waals surface area contributed by atoms with Gasteiger partial charge < -0.3 is 14.2 Å². The summed E-state index contributed by atoms with van der Waals surface area (Å²) in [6, 6.07) is 4.85. The van der Waals surface area contributed by atoms with Gasteiger partial charge in [0.1, 0.15) is 6.33 Å². The van der Waals surface area contributed by atoms with Crippen molar-refractivity contribution in [1.82, 2.24) is 14.3 Å². The molecule has 3 heterocycles. The van der Waals surface area contributed by atoms with E-state index in [1.165, 1.54) is 6.33 Å². The van der Waals surface area contributed by atoms with Gasteiger partial charge in [-0.15, -0.1) is 0 Å². The van der Waals surface area contributed by atoms with Crippen molar-refractivity contribution in [1.29, 1.82) is 0 Å². The number of hydrogen-bond acceptors (Lipinski definition) is 7. The van der Waals surface area contributed by atoms with Crippen LogP contribution in [0.2, 0.25) is 0 Å². The SMILES string of the molecule is Cc1ncnc(OCC2CCN(S(=O)(=O)c3ccc4c(c3)OCCCO4)CC2)c1C. The number of sulfonamides is 1. The van der Waals surface area contributed by atoms with Crippen molar-refractivity contribution in [2.75, 3.05) is 32.9 Å². The molecular formula is C21H27N3O5S. The van der Waals surface area contributed by atoms with Crippen LogP contribution in [0.1, 0.15) is 30.5 Å². The highest BCUT2D eigenvalue weighted by atomic mass is 32.2. The summed E-state index contributed by atoms with van der Waals surface area (Å²) in [7, 11) is -3.57. The Balaban J connectivity index is 1.37. The summed E-state index contributed by atoms with van der Waals surface area (Å²) in [4.78, 5) is 8.59. The van der Waals surface area contributed by atoms with Crippen LogP contribution in [0.15, 0.2) is 29.4 Å². The number of piperidine rings is 1. The van der Waals surface area contributed by atoms with Gasteiger partial charge in [-0.05, 0) is 44.7 Å². The summed E-state index contributed by atoms with van der Waals surface area (Å²) in [5.41, 5.74) is 1.84. The van der Waals surface area contributed by atoms with Crippen molar-refractivity contribution in [2.45, 2.75) is 38.0 Å². The minimum absolute atomic E-state index is 0.244. The Kier molecular flexibility index (Phi) is 6.10. The quantitative estimate of drug-likeness (QED) is 0.716. The lowest BCUT2D eigenvalue weighted by atomic mass is 9.99. The lowest BCUT2D eigenvalue weighted by Crippen LogP contribution is -2.39. The summed E-state index contributed by atoms with van der Waals surface area (Å²) in [6.07, 6.45) is 3.77. The Morgan fingerprint density at radius 3 is 2.60 bits per heavy atom. The highest BCUT2D eigenvalue weighted by Crippen LogP contribution is 2.34. The first-order valence-corrected chi connectivity index (χ1v) is 11.7. The average Bonchev–Trinajstić information content (AvgIpc) is 3.00. The molecular weight excluding hydrogens is 406 g/mol. The van der Waals surface area contributed by atoms with Gasteiger partial charge in [0.15, 0.2) is 11.5 Å². The van der Waals surface area contributed by atoms with E-state index < -0.39 is 10.0 Å². The van der Waals surface area contributed by atoms with E-state index >= 15 is 0 Å². The molecule has 2 aromatic rings. The van der Waals surface area contributed by atoms with E-state index in [-0.39, 0.29) is 10.8 Å². The van der Waals surface area contributed by atoms with Gasteiger partial charge in [-0.25, -0.2) is 18.4 Å². The van der Waals surface area contributed by atoms with Gasteiger partial charge >= 0.3 is 0 Å². The monoisotopic (exact) mass is 433 g/mol. The fourth-order valence-corrected chi connectivity index (χ4v) is 5.11. The number of rotatable bonds is 5. The van der Waals surface area contributed by atoms with E-state index in [2.05, 4.69) is 9.97 Å². The third kappa shape index (κ3) is 4.37. The molecule has 4 rings (SSSR count). The number of nitrogens with zero attached hydrogens (tertiary/aromatic N) is 3. The van der Waals surface area contributed by atoms with E-state index in [9.17, 15) is 8.42 Å². The standard InChI is InChI=1S/C21H27N3O5S/c1-15-16(2)22-14-23-21(15)29-13-17-6-8-24(9-7-17)30(25,26)18-4-5-19-20(12-18)28-11-3-10-27-19/h4-5,12,14,17H,3,6-11,13H2,1-2H3. The van der Waals surface area contributed by atoms with Gasteiger partial charge in [0, 0.05) is 36.8 Å². The molecule has 1 aromatic heterocycles. The van der Waals surface area contributed by atoms with Crippen LogP contribution in [0.4, 0.5) is 0 Å². The van der Waals surface area contributed by atoms with Crippen LogP contribution >= 0.6 is 0 Å². The Labute approximate surface area is 177 Å². The fourth-order valence-electron chi connectivity index (χ4n) is 3.63.